The van der Waals surface area contributed by atoms with Crippen molar-refractivity contribution in [2.75, 3.05) is 11.4 Å². The molecule has 19 heavy (non-hydrogen) atoms. The van der Waals surface area contributed by atoms with Gasteiger partial charge in [0.15, 0.2) is 0 Å². The van der Waals surface area contributed by atoms with Crippen LogP contribution in [0.2, 0.25) is 5.02 Å². The molecule has 3 N–H and O–H groups in total. The maximum absolute atomic E-state index is 12.2. The van der Waals surface area contributed by atoms with Crippen molar-refractivity contribution in [3.63, 3.8) is 0 Å². The van der Waals surface area contributed by atoms with Gasteiger partial charge in [-0.15, -0.1) is 0 Å². The molecule has 5 nitrogen and oxygen atoms in total. The van der Waals surface area contributed by atoms with E-state index in [-0.39, 0.29) is 0 Å². The van der Waals surface area contributed by atoms with Crippen LogP contribution in [0, 0.1) is 0 Å². The van der Waals surface area contributed by atoms with Gasteiger partial charge >= 0.3 is 5.97 Å². The van der Waals surface area contributed by atoms with Crippen LogP contribution in [0.1, 0.15) is 19.8 Å². The van der Waals surface area contributed by atoms with Gasteiger partial charge in [0.1, 0.15) is 6.54 Å². The molecule has 0 bridgehead atoms. The smallest absolute Gasteiger partial charge is 0.323 e. The number of carbonyl (C=O) groups excluding carboxylic acids is 1. The molecular weight excluding hydrogens is 268 g/mol. The van der Waals surface area contributed by atoms with E-state index in [0.717, 1.165) is 11.3 Å². The van der Waals surface area contributed by atoms with Gasteiger partial charge in [-0.2, -0.15) is 0 Å². The molecular formula is C13H17ClN2O3. The highest BCUT2D eigenvalue weighted by Gasteiger charge is 2.23. The lowest BCUT2D eigenvalue weighted by atomic mass is 10.1. The summed E-state index contributed by atoms with van der Waals surface area (Å²) in [6.45, 7) is 1.48. The molecule has 0 spiro atoms. The van der Waals surface area contributed by atoms with E-state index in [1.807, 2.05) is 6.92 Å². The largest absolute Gasteiger partial charge is 0.480 e. The number of anilines is 1. The van der Waals surface area contributed by atoms with Crippen molar-refractivity contribution in [3.05, 3.63) is 29.3 Å². The van der Waals surface area contributed by atoms with E-state index in [1.54, 1.807) is 24.3 Å². The molecule has 0 radical (unpaired) electrons. The molecule has 0 saturated heterocycles. The van der Waals surface area contributed by atoms with E-state index in [0.29, 0.717) is 17.1 Å². The molecule has 0 saturated carbocycles. The third-order valence-electron chi connectivity index (χ3n) is 2.60. The molecule has 6 heteroatoms. The average molecular weight is 285 g/mol. The van der Waals surface area contributed by atoms with Crippen LogP contribution < -0.4 is 10.6 Å². The molecule has 0 unspecified atom stereocenters. The summed E-state index contributed by atoms with van der Waals surface area (Å²) in [5.41, 5.74) is 6.20. The number of hydrogen-bond acceptors (Lipinski definition) is 3. The highest BCUT2D eigenvalue weighted by Crippen LogP contribution is 2.20. The van der Waals surface area contributed by atoms with Gasteiger partial charge in [-0.3, -0.25) is 14.5 Å². The Bertz CT molecular complexity index is 465. The van der Waals surface area contributed by atoms with Crippen molar-refractivity contribution >= 4 is 29.2 Å². The van der Waals surface area contributed by atoms with Crippen LogP contribution >= 0.6 is 11.6 Å². The number of aliphatic carboxylic acids is 1. The van der Waals surface area contributed by atoms with E-state index in [4.69, 9.17) is 22.4 Å². The fourth-order valence-corrected chi connectivity index (χ4v) is 1.89. The first-order valence-corrected chi connectivity index (χ1v) is 6.37. The van der Waals surface area contributed by atoms with Gasteiger partial charge in [0.2, 0.25) is 5.91 Å². The number of halogens is 1. The van der Waals surface area contributed by atoms with Crippen molar-refractivity contribution in [2.45, 2.75) is 25.8 Å². The van der Waals surface area contributed by atoms with E-state index in [1.165, 1.54) is 0 Å². The van der Waals surface area contributed by atoms with Crippen LogP contribution in [0.25, 0.3) is 0 Å². The van der Waals surface area contributed by atoms with Gasteiger partial charge in [-0.05, 0) is 24.6 Å². The number of nitrogens with two attached hydrogens (primary N) is 1. The lowest BCUT2D eigenvalue weighted by Gasteiger charge is -2.24. The van der Waals surface area contributed by atoms with Crippen LogP contribution in [-0.4, -0.2) is 29.6 Å². The first-order valence-electron chi connectivity index (χ1n) is 6.00. The third kappa shape index (κ3) is 4.54. The molecule has 0 heterocycles. The average Bonchev–Trinajstić information content (AvgIpc) is 2.35. The molecule has 0 aromatic heterocycles. The Morgan fingerprint density at radius 3 is 2.68 bits per heavy atom. The van der Waals surface area contributed by atoms with Gasteiger partial charge in [0.05, 0.1) is 6.04 Å². The van der Waals surface area contributed by atoms with Crippen LogP contribution in [0.5, 0.6) is 0 Å². The van der Waals surface area contributed by atoms with Crippen LogP contribution in [0.3, 0.4) is 0 Å². The van der Waals surface area contributed by atoms with Crippen molar-refractivity contribution < 1.29 is 14.7 Å². The van der Waals surface area contributed by atoms with E-state index in [9.17, 15) is 9.59 Å². The Balaban J connectivity index is 3.00. The lowest BCUT2D eigenvalue weighted by Crippen LogP contribution is -2.46. The molecule has 1 amide bonds. The van der Waals surface area contributed by atoms with E-state index in [2.05, 4.69) is 0 Å². The molecule has 1 rings (SSSR count). The summed E-state index contributed by atoms with van der Waals surface area (Å²) in [7, 11) is 0. The molecule has 1 aromatic rings. The minimum atomic E-state index is -1.10. The second kappa shape index (κ2) is 7.11. The summed E-state index contributed by atoms with van der Waals surface area (Å²) in [4.78, 5) is 24.2. The number of rotatable bonds is 6. The summed E-state index contributed by atoms with van der Waals surface area (Å²) in [5.74, 6) is -1.51. The molecule has 104 valence electrons. The Labute approximate surface area is 117 Å². The Morgan fingerprint density at radius 1 is 1.47 bits per heavy atom. The van der Waals surface area contributed by atoms with Gasteiger partial charge in [0.25, 0.3) is 0 Å². The van der Waals surface area contributed by atoms with Crippen molar-refractivity contribution in [3.8, 4) is 0 Å². The highest BCUT2D eigenvalue weighted by molar-refractivity contribution is 6.31. The molecule has 1 atom stereocenters. The highest BCUT2D eigenvalue weighted by atomic mass is 35.5. The van der Waals surface area contributed by atoms with Crippen LogP contribution in [0.15, 0.2) is 24.3 Å². The monoisotopic (exact) mass is 284 g/mol. The van der Waals surface area contributed by atoms with Crippen molar-refractivity contribution in [2.24, 2.45) is 5.73 Å². The number of hydrogen-bond donors (Lipinski definition) is 2. The van der Waals surface area contributed by atoms with E-state index >= 15 is 0 Å². The van der Waals surface area contributed by atoms with Crippen molar-refractivity contribution in [1.82, 2.24) is 0 Å². The second-order valence-corrected chi connectivity index (χ2v) is 4.63. The lowest BCUT2D eigenvalue weighted by molar-refractivity contribution is -0.136. The van der Waals surface area contributed by atoms with Gasteiger partial charge in [-0.1, -0.05) is 31.0 Å². The normalized spacial score (nSPS) is 11.9. The van der Waals surface area contributed by atoms with Crippen molar-refractivity contribution in [1.29, 1.82) is 0 Å². The zero-order chi connectivity index (χ0) is 14.4. The minimum absolute atomic E-state index is 0.411. The number of amides is 1. The Kier molecular flexibility index (Phi) is 5.79. The number of carbonyl (C=O) groups is 2. The standard InChI is InChI=1S/C13H17ClN2O3/c1-2-4-11(15)13(19)16(8-12(17)18)10-6-3-5-9(14)7-10/h3,5-7,11H,2,4,8,15H2,1H3,(H,17,18)/t11-/m0/s1. The first kappa shape index (κ1) is 15.5. The number of nitrogens with zero attached hydrogens (tertiary/aromatic N) is 1. The number of benzene rings is 1. The third-order valence-corrected chi connectivity index (χ3v) is 2.83. The first-order chi connectivity index (χ1) is 8.95. The minimum Gasteiger partial charge on any atom is -0.480 e. The van der Waals surface area contributed by atoms with Crippen LogP contribution in [0.4, 0.5) is 5.69 Å². The Morgan fingerprint density at radius 2 is 2.16 bits per heavy atom. The molecule has 0 aliphatic rings. The van der Waals surface area contributed by atoms with E-state index < -0.39 is 24.5 Å². The topological polar surface area (TPSA) is 83.6 Å². The SMILES string of the molecule is CCC[C@H](N)C(=O)N(CC(=O)O)c1cccc(Cl)c1. The number of carboxylic acids is 1. The Hall–Kier alpha value is -1.59. The predicted molar refractivity (Wildman–Crippen MR) is 74.3 cm³/mol. The summed E-state index contributed by atoms with van der Waals surface area (Å²) in [6, 6.07) is 5.78. The van der Waals surface area contributed by atoms with Gasteiger partial charge < -0.3 is 10.8 Å². The van der Waals surface area contributed by atoms with Gasteiger partial charge in [-0.25, -0.2) is 0 Å². The summed E-state index contributed by atoms with van der Waals surface area (Å²) >= 11 is 5.85. The second-order valence-electron chi connectivity index (χ2n) is 4.19. The molecule has 0 aliphatic carbocycles. The van der Waals surface area contributed by atoms with Gasteiger partial charge in [0, 0.05) is 10.7 Å². The molecule has 0 aliphatic heterocycles. The maximum atomic E-state index is 12.2. The fraction of sp³-hybridized carbons (Fsp3) is 0.385. The van der Waals surface area contributed by atoms with Crippen LogP contribution in [-0.2, 0) is 9.59 Å². The predicted octanol–water partition coefficient (Wildman–Crippen LogP) is 1.89. The number of carboxylic acid groups (broad SMARTS) is 1. The summed E-state index contributed by atoms with van der Waals surface area (Å²) in [5, 5.41) is 9.34. The fourth-order valence-electron chi connectivity index (χ4n) is 1.71. The summed E-state index contributed by atoms with van der Waals surface area (Å²) in [6.07, 6.45) is 1.26. The zero-order valence-electron chi connectivity index (χ0n) is 10.7. The zero-order valence-corrected chi connectivity index (χ0v) is 11.4. The maximum Gasteiger partial charge on any atom is 0.323 e. The molecule has 0 fully saturated rings. The quantitative estimate of drug-likeness (QED) is 0.835. The summed E-state index contributed by atoms with van der Waals surface area (Å²) < 4.78 is 0. The molecule has 1 aromatic carbocycles.